The lowest BCUT2D eigenvalue weighted by molar-refractivity contribution is 0.0698. The third kappa shape index (κ3) is 3.46. The van der Waals surface area contributed by atoms with Crippen LogP contribution in [0.3, 0.4) is 0 Å². The van der Waals surface area contributed by atoms with Crippen molar-refractivity contribution in [1.29, 1.82) is 0 Å². The van der Waals surface area contributed by atoms with Gasteiger partial charge in [0, 0.05) is 10.4 Å². The first-order valence-corrected chi connectivity index (χ1v) is 6.51. The Labute approximate surface area is 117 Å². The van der Waals surface area contributed by atoms with Gasteiger partial charge < -0.3 is 15.7 Å². The van der Waals surface area contributed by atoms with Crippen LogP contribution < -0.4 is 10.6 Å². The van der Waals surface area contributed by atoms with Crippen molar-refractivity contribution in [2.75, 3.05) is 10.6 Å². The molecule has 0 aliphatic heterocycles. The van der Waals surface area contributed by atoms with E-state index in [-0.39, 0.29) is 11.3 Å². The fourth-order valence-corrected chi connectivity index (χ4v) is 2.18. The molecule has 1 aromatic heterocycles. The van der Waals surface area contributed by atoms with Crippen molar-refractivity contribution in [3.63, 3.8) is 0 Å². The first-order chi connectivity index (χ1) is 9.06. The molecule has 2 aromatic rings. The predicted molar refractivity (Wildman–Crippen MR) is 75.4 cm³/mol. The number of amides is 2. The lowest BCUT2D eigenvalue weighted by Gasteiger charge is -2.09. The zero-order chi connectivity index (χ0) is 13.8. The highest BCUT2D eigenvalue weighted by Crippen LogP contribution is 2.21. The number of thiophene rings is 1. The Morgan fingerprint density at radius 1 is 1.21 bits per heavy atom. The molecule has 98 valence electrons. The van der Waals surface area contributed by atoms with Gasteiger partial charge in [-0.15, -0.1) is 0 Å². The first kappa shape index (κ1) is 13.4. The minimum absolute atomic E-state index is 0.0621. The number of halogens is 1. The second-order valence-corrected chi connectivity index (χ2v) is 4.80. The maximum atomic E-state index is 11.7. The van der Waals surface area contributed by atoms with E-state index in [4.69, 9.17) is 16.7 Å². The number of hydrogen-bond acceptors (Lipinski definition) is 3. The molecule has 7 heteroatoms. The Balaban J connectivity index is 2.14. The number of carbonyl (C=O) groups is 2. The van der Waals surface area contributed by atoms with Crippen LogP contribution in [0.4, 0.5) is 16.2 Å². The molecule has 5 nitrogen and oxygen atoms in total. The number of benzene rings is 1. The highest BCUT2D eigenvalue weighted by atomic mass is 35.5. The standard InChI is InChI=1S/C12H9ClN2O3S/c13-7-1-2-10(9(5-7)11(16)17)15-12(18)14-8-3-4-19-6-8/h1-6H,(H,16,17)(H2,14,15,18). The quantitative estimate of drug-likeness (QED) is 0.807. The highest BCUT2D eigenvalue weighted by molar-refractivity contribution is 7.08. The number of carboxylic acid groups (broad SMARTS) is 1. The average molecular weight is 297 g/mol. The van der Waals surface area contributed by atoms with E-state index >= 15 is 0 Å². The van der Waals surface area contributed by atoms with Crippen LogP contribution in [0.1, 0.15) is 10.4 Å². The Bertz CT molecular complexity index is 613. The molecular formula is C12H9ClN2O3S. The molecular weight excluding hydrogens is 288 g/mol. The minimum Gasteiger partial charge on any atom is -0.478 e. The van der Waals surface area contributed by atoms with Crippen LogP contribution >= 0.6 is 22.9 Å². The van der Waals surface area contributed by atoms with Crippen LogP contribution in [0.5, 0.6) is 0 Å². The summed E-state index contributed by atoms with van der Waals surface area (Å²) in [4.78, 5) is 22.7. The maximum absolute atomic E-state index is 11.7. The van der Waals surface area contributed by atoms with Crippen LogP contribution in [-0.4, -0.2) is 17.1 Å². The van der Waals surface area contributed by atoms with Gasteiger partial charge in [-0.25, -0.2) is 9.59 Å². The van der Waals surface area contributed by atoms with E-state index in [2.05, 4.69) is 10.6 Å². The number of carbonyl (C=O) groups excluding carboxylic acids is 1. The molecule has 0 spiro atoms. The summed E-state index contributed by atoms with van der Waals surface area (Å²) in [6, 6.07) is 5.46. The molecule has 0 unspecified atom stereocenters. The summed E-state index contributed by atoms with van der Waals surface area (Å²) in [6.07, 6.45) is 0. The predicted octanol–water partition coefficient (Wildman–Crippen LogP) is 3.74. The van der Waals surface area contributed by atoms with E-state index in [0.717, 1.165) is 0 Å². The topological polar surface area (TPSA) is 78.4 Å². The molecule has 1 aromatic carbocycles. The van der Waals surface area contributed by atoms with Gasteiger partial charge in [0.1, 0.15) is 0 Å². The lowest BCUT2D eigenvalue weighted by atomic mass is 10.2. The van der Waals surface area contributed by atoms with Crippen LogP contribution in [0.2, 0.25) is 5.02 Å². The molecule has 0 aliphatic rings. The third-order valence-corrected chi connectivity index (χ3v) is 3.16. The molecule has 0 atom stereocenters. The van der Waals surface area contributed by atoms with Gasteiger partial charge in [0.05, 0.1) is 16.9 Å². The number of aromatic carboxylic acids is 1. The van der Waals surface area contributed by atoms with Gasteiger partial charge in [-0.2, -0.15) is 11.3 Å². The number of carboxylic acids is 1. The Morgan fingerprint density at radius 2 is 2.00 bits per heavy atom. The molecule has 0 saturated carbocycles. The Morgan fingerprint density at radius 3 is 2.63 bits per heavy atom. The number of hydrogen-bond donors (Lipinski definition) is 3. The summed E-state index contributed by atoms with van der Waals surface area (Å²) in [5.74, 6) is -1.16. The zero-order valence-corrected chi connectivity index (χ0v) is 11.1. The van der Waals surface area contributed by atoms with Crippen molar-refractivity contribution < 1.29 is 14.7 Å². The van der Waals surface area contributed by atoms with Crippen molar-refractivity contribution in [3.05, 3.63) is 45.6 Å². The molecule has 3 N–H and O–H groups in total. The van der Waals surface area contributed by atoms with Crippen molar-refractivity contribution in [3.8, 4) is 0 Å². The van der Waals surface area contributed by atoms with Gasteiger partial charge >= 0.3 is 12.0 Å². The van der Waals surface area contributed by atoms with Gasteiger partial charge in [0.15, 0.2) is 0 Å². The summed E-state index contributed by atoms with van der Waals surface area (Å²) >= 11 is 7.17. The van der Waals surface area contributed by atoms with Gasteiger partial charge in [0.25, 0.3) is 0 Å². The normalized spacial score (nSPS) is 9.95. The Hall–Kier alpha value is -2.05. The summed E-state index contributed by atoms with van der Waals surface area (Å²) in [5.41, 5.74) is 0.769. The average Bonchev–Trinajstić information content (AvgIpc) is 2.83. The van der Waals surface area contributed by atoms with Crippen LogP contribution in [-0.2, 0) is 0 Å². The fourth-order valence-electron chi connectivity index (χ4n) is 1.42. The number of rotatable bonds is 3. The van der Waals surface area contributed by atoms with Gasteiger partial charge in [0.2, 0.25) is 0 Å². The van der Waals surface area contributed by atoms with Gasteiger partial charge in [-0.05, 0) is 29.6 Å². The molecule has 0 bridgehead atoms. The molecule has 2 amide bonds. The first-order valence-electron chi connectivity index (χ1n) is 5.19. The van der Waals surface area contributed by atoms with E-state index in [1.54, 1.807) is 11.4 Å². The van der Waals surface area contributed by atoms with Crippen LogP contribution in [0.15, 0.2) is 35.0 Å². The minimum atomic E-state index is -1.16. The van der Waals surface area contributed by atoms with E-state index in [1.807, 2.05) is 5.38 Å². The SMILES string of the molecule is O=C(Nc1ccsc1)Nc1ccc(Cl)cc1C(=O)O. The molecule has 0 radical (unpaired) electrons. The van der Waals surface area contributed by atoms with E-state index in [9.17, 15) is 9.59 Å². The molecule has 0 saturated heterocycles. The van der Waals surface area contributed by atoms with Crippen molar-refractivity contribution in [1.82, 2.24) is 0 Å². The lowest BCUT2D eigenvalue weighted by Crippen LogP contribution is -2.20. The summed E-state index contributed by atoms with van der Waals surface area (Å²) in [5, 5.41) is 18.0. The van der Waals surface area contributed by atoms with Crippen molar-refractivity contribution >= 4 is 46.3 Å². The molecule has 0 aliphatic carbocycles. The monoisotopic (exact) mass is 296 g/mol. The Kier molecular flexibility index (Phi) is 4.03. The second-order valence-electron chi connectivity index (χ2n) is 3.59. The van der Waals surface area contributed by atoms with Crippen LogP contribution in [0.25, 0.3) is 0 Å². The highest BCUT2D eigenvalue weighted by Gasteiger charge is 2.13. The second kappa shape index (κ2) is 5.73. The molecule has 2 rings (SSSR count). The van der Waals surface area contributed by atoms with Crippen molar-refractivity contribution in [2.45, 2.75) is 0 Å². The van der Waals surface area contributed by atoms with E-state index in [1.165, 1.54) is 29.5 Å². The number of urea groups is 1. The zero-order valence-electron chi connectivity index (χ0n) is 9.51. The number of anilines is 2. The van der Waals surface area contributed by atoms with E-state index < -0.39 is 12.0 Å². The van der Waals surface area contributed by atoms with Crippen molar-refractivity contribution in [2.24, 2.45) is 0 Å². The smallest absolute Gasteiger partial charge is 0.337 e. The largest absolute Gasteiger partial charge is 0.478 e. The van der Waals surface area contributed by atoms with Gasteiger partial charge in [-0.1, -0.05) is 11.6 Å². The molecule has 0 fully saturated rings. The summed E-state index contributed by atoms with van der Waals surface area (Å²) in [7, 11) is 0. The molecule has 19 heavy (non-hydrogen) atoms. The number of nitrogens with one attached hydrogen (secondary N) is 2. The third-order valence-electron chi connectivity index (χ3n) is 2.24. The summed E-state index contributed by atoms with van der Waals surface area (Å²) < 4.78 is 0. The van der Waals surface area contributed by atoms with Gasteiger partial charge in [-0.3, -0.25) is 0 Å². The molecule has 1 heterocycles. The van der Waals surface area contributed by atoms with Crippen LogP contribution in [0, 0.1) is 0 Å². The summed E-state index contributed by atoms with van der Waals surface area (Å²) in [6.45, 7) is 0. The fraction of sp³-hybridized carbons (Fsp3) is 0. The maximum Gasteiger partial charge on any atom is 0.337 e. The van der Waals surface area contributed by atoms with E-state index in [0.29, 0.717) is 10.7 Å².